The fourth-order valence-corrected chi connectivity index (χ4v) is 3.35. The van der Waals surface area contributed by atoms with Gasteiger partial charge in [0.25, 0.3) is 5.56 Å². The quantitative estimate of drug-likeness (QED) is 0.852. The van der Waals surface area contributed by atoms with Crippen molar-refractivity contribution in [3.05, 3.63) is 62.7 Å². The maximum absolute atomic E-state index is 13.6. The number of likely N-dealkylation sites (tertiary alicyclic amines) is 1. The predicted octanol–water partition coefficient (Wildman–Crippen LogP) is 1.78. The molecule has 7 heteroatoms. The van der Waals surface area contributed by atoms with Crippen molar-refractivity contribution in [2.75, 3.05) is 26.2 Å². The summed E-state index contributed by atoms with van der Waals surface area (Å²) in [6.45, 7) is 4.87. The summed E-state index contributed by atoms with van der Waals surface area (Å²) in [5, 5.41) is 0. The van der Waals surface area contributed by atoms with Gasteiger partial charge >= 0.3 is 5.69 Å². The Balaban J connectivity index is 1.53. The van der Waals surface area contributed by atoms with Gasteiger partial charge in [-0.25, -0.2) is 9.18 Å². The maximum atomic E-state index is 13.6. The molecule has 140 valence electrons. The third-order valence-electron chi connectivity index (χ3n) is 4.71. The van der Waals surface area contributed by atoms with E-state index in [0.29, 0.717) is 31.3 Å². The molecule has 26 heavy (non-hydrogen) atoms. The largest absolute Gasteiger partial charge is 0.490 e. The van der Waals surface area contributed by atoms with Gasteiger partial charge in [0.05, 0.1) is 6.61 Å². The third-order valence-corrected chi connectivity index (χ3v) is 4.71. The second-order valence-electron chi connectivity index (χ2n) is 6.80. The summed E-state index contributed by atoms with van der Waals surface area (Å²) in [5.74, 6) is 0.233. The molecule has 1 aromatic heterocycles. The molecule has 1 aliphatic heterocycles. The first-order valence-electron chi connectivity index (χ1n) is 8.93. The number of hydrogen-bond donors (Lipinski definition) is 1. The van der Waals surface area contributed by atoms with Crippen molar-refractivity contribution in [1.82, 2.24) is 14.5 Å². The zero-order chi connectivity index (χ0) is 18.5. The number of aryl methyl sites for hydroxylation is 1. The summed E-state index contributed by atoms with van der Waals surface area (Å²) < 4.78 is 20.5. The first-order chi connectivity index (χ1) is 12.5. The number of rotatable bonds is 6. The second-order valence-corrected chi connectivity index (χ2v) is 6.80. The van der Waals surface area contributed by atoms with Crippen LogP contribution in [0.4, 0.5) is 4.39 Å². The number of nitrogens with zero attached hydrogens (tertiary/aromatic N) is 2. The number of aromatic amines is 1. The monoisotopic (exact) mass is 361 g/mol. The summed E-state index contributed by atoms with van der Waals surface area (Å²) in [5.41, 5.74) is -0.0753. The van der Waals surface area contributed by atoms with Crippen LogP contribution in [0, 0.1) is 18.7 Å². The first-order valence-corrected chi connectivity index (χ1v) is 8.93. The van der Waals surface area contributed by atoms with E-state index in [1.807, 2.05) is 0 Å². The minimum atomic E-state index is -0.369. The molecule has 2 heterocycles. The van der Waals surface area contributed by atoms with Crippen molar-refractivity contribution in [3.8, 4) is 5.75 Å². The zero-order valence-electron chi connectivity index (χ0n) is 14.9. The number of para-hydroxylation sites is 1. The van der Waals surface area contributed by atoms with Gasteiger partial charge in [-0.1, -0.05) is 12.1 Å². The van der Waals surface area contributed by atoms with E-state index < -0.39 is 0 Å². The molecule has 1 fully saturated rings. The Morgan fingerprint density at radius 1 is 1.27 bits per heavy atom. The van der Waals surface area contributed by atoms with Crippen LogP contribution in [0.15, 0.2) is 39.9 Å². The number of halogens is 1. The van der Waals surface area contributed by atoms with Gasteiger partial charge in [0.1, 0.15) is 0 Å². The summed E-state index contributed by atoms with van der Waals surface area (Å²) in [6.07, 6.45) is 2.04. The minimum absolute atomic E-state index is 0.275. The number of nitrogens with one attached hydrogen (secondary N) is 1. The number of benzene rings is 1. The maximum Gasteiger partial charge on any atom is 0.328 e. The highest BCUT2D eigenvalue weighted by molar-refractivity contribution is 5.23. The molecule has 0 amide bonds. The van der Waals surface area contributed by atoms with Crippen LogP contribution in [0.2, 0.25) is 0 Å². The van der Waals surface area contributed by atoms with Gasteiger partial charge in [-0.2, -0.15) is 0 Å². The topological polar surface area (TPSA) is 67.3 Å². The third kappa shape index (κ3) is 4.60. The van der Waals surface area contributed by atoms with E-state index in [1.54, 1.807) is 25.1 Å². The van der Waals surface area contributed by atoms with Crippen molar-refractivity contribution in [3.63, 3.8) is 0 Å². The second kappa shape index (κ2) is 8.31. The molecule has 1 aromatic carbocycles. The first kappa shape index (κ1) is 18.4. The van der Waals surface area contributed by atoms with E-state index in [0.717, 1.165) is 25.9 Å². The Bertz CT molecular complexity index is 830. The minimum Gasteiger partial charge on any atom is -0.490 e. The fraction of sp³-hybridized carbons (Fsp3) is 0.474. The van der Waals surface area contributed by atoms with Gasteiger partial charge in [-0.15, -0.1) is 0 Å². The fourth-order valence-electron chi connectivity index (χ4n) is 3.35. The van der Waals surface area contributed by atoms with Gasteiger partial charge in [-0.3, -0.25) is 9.36 Å². The van der Waals surface area contributed by atoms with E-state index in [4.69, 9.17) is 4.74 Å². The van der Waals surface area contributed by atoms with Crippen molar-refractivity contribution in [1.29, 1.82) is 0 Å². The lowest BCUT2D eigenvalue weighted by Crippen LogP contribution is -2.43. The zero-order valence-corrected chi connectivity index (χ0v) is 14.9. The summed E-state index contributed by atoms with van der Waals surface area (Å²) >= 11 is 0. The molecule has 2 aromatic rings. The highest BCUT2D eigenvalue weighted by atomic mass is 19.1. The average Bonchev–Trinajstić information content (AvgIpc) is 2.60. The van der Waals surface area contributed by atoms with E-state index in [9.17, 15) is 14.0 Å². The normalized spacial score (nSPS) is 18.0. The Morgan fingerprint density at radius 2 is 2.08 bits per heavy atom. The average molecular weight is 361 g/mol. The lowest BCUT2D eigenvalue weighted by Gasteiger charge is -2.32. The van der Waals surface area contributed by atoms with E-state index >= 15 is 0 Å². The number of H-pyrrole nitrogens is 1. The molecule has 1 atom stereocenters. The lowest BCUT2D eigenvalue weighted by molar-refractivity contribution is 0.124. The predicted molar refractivity (Wildman–Crippen MR) is 97.1 cm³/mol. The van der Waals surface area contributed by atoms with Crippen molar-refractivity contribution in [2.45, 2.75) is 26.3 Å². The van der Waals surface area contributed by atoms with Gasteiger partial charge in [-0.05, 0) is 38.4 Å². The number of aromatic nitrogens is 2. The molecule has 0 aliphatic carbocycles. The van der Waals surface area contributed by atoms with Crippen LogP contribution in [0.5, 0.6) is 5.75 Å². The van der Waals surface area contributed by atoms with Crippen LogP contribution >= 0.6 is 0 Å². The molecule has 1 N–H and O–H groups in total. The summed E-state index contributed by atoms with van der Waals surface area (Å²) in [7, 11) is 0. The Kier molecular flexibility index (Phi) is 5.88. The number of ether oxygens (including phenoxy) is 1. The van der Waals surface area contributed by atoms with E-state index in [1.165, 1.54) is 16.7 Å². The molecule has 0 spiro atoms. The highest BCUT2D eigenvalue weighted by Gasteiger charge is 2.21. The van der Waals surface area contributed by atoms with E-state index in [2.05, 4.69) is 9.88 Å². The van der Waals surface area contributed by atoms with Gasteiger partial charge in [0, 0.05) is 37.3 Å². The number of piperidine rings is 1. The van der Waals surface area contributed by atoms with Crippen LogP contribution in [0.25, 0.3) is 0 Å². The smallest absolute Gasteiger partial charge is 0.328 e. The molecule has 1 aliphatic rings. The van der Waals surface area contributed by atoms with Gasteiger partial charge in [0.15, 0.2) is 11.6 Å². The Morgan fingerprint density at radius 3 is 2.85 bits per heavy atom. The highest BCUT2D eigenvalue weighted by Crippen LogP contribution is 2.20. The standard InChI is InChI=1S/C19H24FN3O3/c1-14-11-18(24)23(19(25)21-14)10-9-22-8-4-5-15(12-22)13-26-17-7-3-2-6-16(17)20/h2-3,6-7,11,15H,4-5,8-10,12-13H2,1H3,(H,21,25)/t15-/m0/s1. The van der Waals surface area contributed by atoms with Gasteiger partial charge < -0.3 is 14.6 Å². The van der Waals surface area contributed by atoms with E-state index in [-0.39, 0.29) is 22.8 Å². The molecule has 3 rings (SSSR count). The Labute approximate surface area is 151 Å². The van der Waals surface area contributed by atoms with Crippen LogP contribution in [-0.2, 0) is 6.54 Å². The molecule has 0 saturated carbocycles. The molecule has 0 unspecified atom stereocenters. The van der Waals surface area contributed by atoms with Crippen LogP contribution in [-0.4, -0.2) is 40.7 Å². The molecule has 6 nitrogen and oxygen atoms in total. The van der Waals surface area contributed by atoms with Crippen LogP contribution in [0.3, 0.4) is 0 Å². The molecule has 0 radical (unpaired) electrons. The van der Waals surface area contributed by atoms with Crippen molar-refractivity contribution < 1.29 is 9.13 Å². The molecular formula is C19H24FN3O3. The Hall–Kier alpha value is -2.41. The van der Waals surface area contributed by atoms with Crippen LogP contribution in [0.1, 0.15) is 18.5 Å². The van der Waals surface area contributed by atoms with Crippen molar-refractivity contribution in [2.24, 2.45) is 5.92 Å². The van der Waals surface area contributed by atoms with Crippen LogP contribution < -0.4 is 16.0 Å². The number of hydrogen-bond acceptors (Lipinski definition) is 4. The SMILES string of the molecule is Cc1cc(=O)n(CCN2CCC[C@H](COc3ccccc3F)C2)c(=O)[nH]1. The van der Waals surface area contributed by atoms with Gasteiger partial charge in [0.2, 0.25) is 0 Å². The molecule has 0 bridgehead atoms. The summed E-state index contributed by atoms with van der Waals surface area (Å²) in [6, 6.07) is 7.84. The van der Waals surface area contributed by atoms with Crippen molar-refractivity contribution >= 4 is 0 Å². The summed E-state index contributed by atoms with van der Waals surface area (Å²) in [4.78, 5) is 28.8. The molecular weight excluding hydrogens is 337 g/mol. The molecule has 1 saturated heterocycles. The lowest BCUT2D eigenvalue weighted by atomic mass is 9.99.